The number of hydrogen-bond donors (Lipinski definition) is 3. The Morgan fingerprint density at radius 2 is 1.46 bits per heavy atom. The van der Waals surface area contributed by atoms with Crippen molar-refractivity contribution in [3.05, 3.63) is 28.4 Å². The second-order valence-corrected chi connectivity index (χ2v) is 5.65. The number of hydrogen-bond acceptors (Lipinski definition) is 9. The Kier molecular flexibility index (Phi) is 4.83. The molecule has 3 N–H and O–H groups in total. The van der Waals surface area contributed by atoms with Crippen LogP contribution < -0.4 is 24.4 Å². The topological polar surface area (TPSA) is 128 Å². The second-order valence-electron chi connectivity index (χ2n) is 5.65. The van der Waals surface area contributed by atoms with Crippen molar-refractivity contribution in [1.82, 2.24) is 0 Å². The van der Waals surface area contributed by atoms with E-state index in [9.17, 15) is 20.1 Å². The van der Waals surface area contributed by atoms with Crippen LogP contribution in [-0.2, 0) is 0 Å². The molecule has 3 rings (SSSR count). The lowest BCUT2D eigenvalue weighted by Crippen LogP contribution is -2.06. The Morgan fingerprint density at radius 1 is 0.821 bits per heavy atom. The van der Waals surface area contributed by atoms with Crippen LogP contribution in [0, 0.1) is 0 Å². The number of benzene rings is 2. The van der Waals surface area contributed by atoms with Gasteiger partial charge < -0.3 is 38.7 Å². The summed E-state index contributed by atoms with van der Waals surface area (Å²) >= 11 is 0. The summed E-state index contributed by atoms with van der Waals surface area (Å²) in [6.07, 6.45) is 0. The zero-order valence-electron chi connectivity index (χ0n) is 15.5. The van der Waals surface area contributed by atoms with E-state index in [4.69, 9.17) is 23.4 Å². The molecule has 0 aliphatic carbocycles. The molecule has 2 aromatic carbocycles. The normalized spacial score (nSPS) is 10.7. The predicted octanol–water partition coefficient (Wildman–Crippen LogP) is 2.61. The fraction of sp³-hybridized carbons (Fsp3) is 0.211. The third kappa shape index (κ3) is 2.68. The molecule has 0 amide bonds. The van der Waals surface area contributed by atoms with Gasteiger partial charge in [-0.1, -0.05) is 0 Å². The summed E-state index contributed by atoms with van der Waals surface area (Å²) in [5.41, 5.74) is -0.801. The van der Waals surface area contributed by atoms with Crippen molar-refractivity contribution in [3.8, 4) is 51.6 Å². The minimum absolute atomic E-state index is 0.00348. The molecule has 9 heteroatoms. The molecule has 1 aromatic heterocycles. The summed E-state index contributed by atoms with van der Waals surface area (Å²) in [7, 11) is 5.29. The fourth-order valence-electron chi connectivity index (χ4n) is 2.90. The van der Waals surface area contributed by atoms with Crippen LogP contribution in [-0.4, -0.2) is 43.8 Å². The Balaban J connectivity index is 2.46. The van der Waals surface area contributed by atoms with Crippen molar-refractivity contribution in [2.45, 2.75) is 0 Å². The lowest BCUT2D eigenvalue weighted by atomic mass is 10.1. The molecule has 9 nitrogen and oxygen atoms in total. The van der Waals surface area contributed by atoms with Gasteiger partial charge in [-0.15, -0.1) is 0 Å². The Labute approximate surface area is 158 Å². The molecule has 0 aliphatic rings. The van der Waals surface area contributed by atoms with Gasteiger partial charge >= 0.3 is 0 Å². The van der Waals surface area contributed by atoms with Gasteiger partial charge in [-0.2, -0.15) is 0 Å². The summed E-state index contributed by atoms with van der Waals surface area (Å²) in [6.45, 7) is 0. The standard InChI is InChI=1S/C19H18O9/c1-24-10-7-8(5-6-9(10)20)15-14(23)12(21)11-13(22)17(25-2)19(27-4)18(26-3)16(11)28-15/h5-7,20,22-23H,1-4H3. The Bertz CT molecular complexity index is 1120. The van der Waals surface area contributed by atoms with Crippen LogP contribution in [0.3, 0.4) is 0 Å². The maximum Gasteiger partial charge on any atom is 0.239 e. The van der Waals surface area contributed by atoms with Crippen molar-refractivity contribution < 1.29 is 38.7 Å². The quantitative estimate of drug-likeness (QED) is 0.602. The SMILES string of the molecule is COc1cc(-c2oc3c(OC)c(OC)c(OC)c(O)c3c(=O)c2O)ccc1O. The van der Waals surface area contributed by atoms with Crippen LogP contribution in [0.1, 0.15) is 0 Å². The van der Waals surface area contributed by atoms with Crippen LogP contribution in [0.5, 0.6) is 40.2 Å². The third-order valence-corrected chi connectivity index (χ3v) is 4.21. The molecule has 0 radical (unpaired) electrons. The van der Waals surface area contributed by atoms with E-state index in [0.717, 1.165) is 0 Å². The molecule has 0 aliphatic heterocycles. The lowest BCUT2D eigenvalue weighted by Gasteiger charge is -2.16. The van der Waals surface area contributed by atoms with Crippen molar-refractivity contribution in [1.29, 1.82) is 0 Å². The van der Waals surface area contributed by atoms with Gasteiger partial charge in [-0.05, 0) is 18.2 Å². The van der Waals surface area contributed by atoms with E-state index in [1.165, 1.54) is 46.6 Å². The highest BCUT2D eigenvalue weighted by atomic mass is 16.5. The number of ether oxygens (including phenoxy) is 4. The van der Waals surface area contributed by atoms with E-state index in [2.05, 4.69) is 0 Å². The molecule has 0 unspecified atom stereocenters. The first kappa shape index (κ1) is 19.0. The van der Waals surface area contributed by atoms with Crippen molar-refractivity contribution >= 4 is 11.0 Å². The molecular weight excluding hydrogens is 372 g/mol. The second kappa shape index (κ2) is 7.10. The van der Waals surface area contributed by atoms with Crippen LogP contribution in [0.4, 0.5) is 0 Å². The Morgan fingerprint density at radius 3 is 2.04 bits per heavy atom. The molecule has 1 heterocycles. The molecule has 0 spiro atoms. The number of methoxy groups -OCH3 is 4. The molecule has 0 fully saturated rings. The van der Waals surface area contributed by atoms with E-state index < -0.39 is 16.9 Å². The largest absolute Gasteiger partial charge is 0.504 e. The van der Waals surface area contributed by atoms with Gasteiger partial charge in [0.1, 0.15) is 5.39 Å². The molecular formula is C19H18O9. The van der Waals surface area contributed by atoms with Gasteiger partial charge in [0.2, 0.25) is 28.4 Å². The van der Waals surface area contributed by atoms with Crippen LogP contribution in [0.2, 0.25) is 0 Å². The first-order chi connectivity index (χ1) is 13.4. The fourth-order valence-corrected chi connectivity index (χ4v) is 2.90. The monoisotopic (exact) mass is 390 g/mol. The van der Waals surface area contributed by atoms with E-state index in [1.54, 1.807) is 0 Å². The predicted molar refractivity (Wildman–Crippen MR) is 99.1 cm³/mol. The number of phenols is 2. The number of phenolic OH excluding ortho intramolecular Hbond substituents is 2. The van der Waals surface area contributed by atoms with E-state index >= 15 is 0 Å². The van der Waals surface area contributed by atoms with E-state index in [1.807, 2.05) is 0 Å². The number of aromatic hydroxyl groups is 3. The van der Waals surface area contributed by atoms with Gasteiger partial charge in [0, 0.05) is 5.56 Å². The molecule has 0 bridgehead atoms. The van der Waals surface area contributed by atoms with Crippen LogP contribution >= 0.6 is 0 Å². The molecule has 148 valence electrons. The zero-order chi connectivity index (χ0) is 20.6. The minimum Gasteiger partial charge on any atom is -0.504 e. The van der Waals surface area contributed by atoms with Crippen molar-refractivity contribution in [3.63, 3.8) is 0 Å². The highest BCUT2D eigenvalue weighted by Crippen LogP contribution is 2.51. The van der Waals surface area contributed by atoms with Crippen LogP contribution in [0.25, 0.3) is 22.3 Å². The first-order valence-electron chi connectivity index (χ1n) is 7.97. The van der Waals surface area contributed by atoms with Gasteiger partial charge in [-0.3, -0.25) is 4.79 Å². The summed E-state index contributed by atoms with van der Waals surface area (Å²) in [5, 5.41) is 30.3. The molecule has 0 atom stereocenters. The third-order valence-electron chi connectivity index (χ3n) is 4.21. The average molecular weight is 390 g/mol. The Hall–Kier alpha value is -3.75. The highest BCUT2D eigenvalue weighted by Gasteiger charge is 2.28. The van der Waals surface area contributed by atoms with Gasteiger partial charge in [0.15, 0.2) is 28.6 Å². The summed E-state index contributed by atoms with van der Waals surface area (Å²) < 4.78 is 26.4. The average Bonchev–Trinajstić information content (AvgIpc) is 2.70. The van der Waals surface area contributed by atoms with Crippen LogP contribution in [0.15, 0.2) is 27.4 Å². The smallest absolute Gasteiger partial charge is 0.239 e. The summed E-state index contributed by atoms with van der Waals surface area (Å²) in [6, 6.07) is 4.13. The maximum atomic E-state index is 12.8. The zero-order valence-corrected chi connectivity index (χ0v) is 15.5. The molecule has 3 aromatic rings. The van der Waals surface area contributed by atoms with Gasteiger partial charge in [0.25, 0.3) is 0 Å². The number of rotatable bonds is 5. The lowest BCUT2D eigenvalue weighted by molar-refractivity contribution is 0.311. The molecule has 28 heavy (non-hydrogen) atoms. The van der Waals surface area contributed by atoms with Crippen molar-refractivity contribution in [2.24, 2.45) is 0 Å². The van der Waals surface area contributed by atoms with E-state index in [0.29, 0.717) is 0 Å². The summed E-state index contributed by atoms with van der Waals surface area (Å²) in [5.74, 6) is -1.66. The molecule has 0 saturated heterocycles. The number of fused-ring (bicyclic) bond motifs is 1. The molecule has 0 saturated carbocycles. The first-order valence-corrected chi connectivity index (χ1v) is 7.97. The van der Waals surface area contributed by atoms with Gasteiger partial charge in [-0.25, -0.2) is 0 Å². The van der Waals surface area contributed by atoms with E-state index in [-0.39, 0.29) is 51.0 Å². The maximum absolute atomic E-state index is 12.8. The highest BCUT2D eigenvalue weighted by molar-refractivity contribution is 5.96. The van der Waals surface area contributed by atoms with Crippen molar-refractivity contribution in [2.75, 3.05) is 28.4 Å². The minimum atomic E-state index is -0.903. The van der Waals surface area contributed by atoms with Gasteiger partial charge in [0.05, 0.1) is 28.4 Å². The summed E-state index contributed by atoms with van der Waals surface area (Å²) in [4.78, 5) is 12.8.